The summed E-state index contributed by atoms with van der Waals surface area (Å²) in [4.78, 5) is 107. The number of phenolic OH excluding ortho intramolecular Hbond substituents is 1. The van der Waals surface area contributed by atoms with Crippen molar-refractivity contribution in [3.63, 3.8) is 0 Å². The van der Waals surface area contributed by atoms with E-state index in [0.29, 0.717) is 16.8 Å². The number of hydrogen-bond acceptors (Lipinski definition) is 11. The van der Waals surface area contributed by atoms with Gasteiger partial charge in [0, 0.05) is 37.6 Å². The third kappa shape index (κ3) is 15.0. The molecule has 0 saturated heterocycles. The molecule has 0 radical (unpaired) electrons. The maximum Gasteiger partial charge on any atom is 0.326 e. The number of carboxylic acid groups (broad SMARTS) is 3. The largest absolute Gasteiger partial charge is 0.508 e. The van der Waals surface area contributed by atoms with E-state index in [0.717, 1.165) is 0 Å². The van der Waals surface area contributed by atoms with Crippen LogP contribution in [0.15, 0.2) is 67.1 Å². The molecule has 0 bridgehead atoms. The Morgan fingerprint density at radius 3 is 1.80 bits per heavy atom. The number of nitrogens with zero attached hydrogens (tertiary/aromatic N) is 1. The molecule has 55 heavy (non-hydrogen) atoms. The molecular formula is C35H42N8O12. The number of nitrogens with one attached hydrogen (secondary N) is 6. The van der Waals surface area contributed by atoms with E-state index in [1.54, 1.807) is 30.3 Å². The van der Waals surface area contributed by atoms with Gasteiger partial charge in [-0.1, -0.05) is 42.5 Å². The van der Waals surface area contributed by atoms with Crippen molar-refractivity contribution in [1.29, 1.82) is 0 Å². The molecule has 5 atom stereocenters. The summed E-state index contributed by atoms with van der Waals surface area (Å²) in [6, 6.07) is 6.50. The number of hydrogen-bond donors (Lipinski definition) is 11. The number of rotatable bonds is 22. The molecule has 2 aromatic carbocycles. The molecule has 3 aromatic rings. The molecule has 0 saturated carbocycles. The second-order valence-corrected chi connectivity index (χ2v) is 12.3. The lowest BCUT2D eigenvalue weighted by Gasteiger charge is -2.26. The van der Waals surface area contributed by atoms with E-state index in [9.17, 15) is 53.7 Å². The van der Waals surface area contributed by atoms with Crippen LogP contribution in [0.5, 0.6) is 5.75 Å². The smallest absolute Gasteiger partial charge is 0.326 e. The minimum Gasteiger partial charge on any atom is -0.508 e. The van der Waals surface area contributed by atoms with E-state index in [2.05, 4.69) is 36.6 Å². The standard InChI is InChI=1S/C35H42N8O12/c36-23(10-11-29(46)47)31(50)38-17-28(45)40-24(13-20-6-8-22(44)9-7-20)32(51)41-25(12-19-4-2-1-3-5-19)33(52)42-26(15-30(48)49)34(53)43-27(35(54)55)14-21-16-37-18-39-21/h1-9,16,18,23-27,44H,10-15,17,36H2,(H,37,39)(H,38,50)(H,40,45)(H,41,51)(H,42,52)(H,43,53)(H,46,47)(H,48,49)(H,54,55)/t23-,24-,25-,26-,27-/m0/s1. The van der Waals surface area contributed by atoms with Crippen LogP contribution in [-0.4, -0.2) is 115 Å². The number of carbonyl (C=O) groups is 8. The second-order valence-electron chi connectivity index (χ2n) is 12.3. The highest BCUT2D eigenvalue weighted by Crippen LogP contribution is 2.13. The number of phenols is 1. The third-order valence-corrected chi connectivity index (χ3v) is 7.98. The lowest BCUT2D eigenvalue weighted by molar-refractivity contribution is -0.143. The van der Waals surface area contributed by atoms with Crippen molar-refractivity contribution in [1.82, 2.24) is 36.6 Å². The first kappa shape index (κ1) is 42.6. The van der Waals surface area contributed by atoms with Gasteiger partial charge in [0.15, 0.2) is 0 Å². The van der Waals surface area contributed by atoms with Crippen LogP contribution in [0.25, 0.3) is 0 Å². The van der Waals surface area contributed by atoms with Gasteiger partial charge in [0.25, 0.3) is 0 Å². The molecule has 0 aliphatic heterocycles. The predicted octanol–water partition coefficient (Wildman–Crippen LogP) is -2.05. The van der Waals surface area contributed by atoms with Gasteiger partial charge in [-0.05, 0) is 29.7 Å². The quantitative estimate of drug-likeness (QED) is 0.0525. The van der Waals surface area contributed by atoms with Crippen molar-refractivity contribution in [2.45, 2.75) is 68.7 Å². The van der Waals surface area contributed by atoms with Gasteiger partial charge in [0.05, 0.1) is 25.3 Å². The number of carboxylic acids is 3. The topological polar surface area (TPSA) is 332 Å². The predicted molar refractivity (Wildman–Crippen MR) is 190 cm³/mol. The van der Waals surface area contributed by atoms with Gasteiger partial charge in [0.2, 0.25) is 29.5 Å². The molecule has 0 aliphatic rings. The first-order chi connectivity index (χ1) is 26.1. The van der Waals surface area contributed by atoms with Crippen LogP contribution in [0.3, 0.4) is 0 Å². The fourth-order valence-electron chi connectivity index (χ4n) is 5.11. The summed E-state index contributed by atoms with van der Waals surface area (Å²) in [5.74, 6) is -8.92. The van der Waals surface area contributed by atoms with Crippen molar-refractivity contribution in [2.24, 2.45) is 5.73 Å². The zero-order valence-electron chi connectivity index (χ0n) is 29.3. The van der Waals surface area contributed by atoms with Gasteiger partial charge in [-0.25, -0.2) is 9.78 Å². The number of nitrogens with two attached hydrogens (primary N) is 1. The SMILES string of the molecule is N[C@@H](CCC(=O)O)C(=O)NCC(=O)N[C@@H](Cc1ccc(O)cc1)C(=O)N[C@@H](Cc1ccccc1)C(=O)N[C@@H](CC(=O)O)C(=O)N[C@@H](Cc1cnc[nH]1)C(=O)O. The van der Waals surface area contributed by atoms with Crippen LogP contribution in [0.4, 0.5) is 0 Å². The summed E-state index contributed by atoms with van der Waals surface area (Å²) in [6.45, 7) is -0.656. The van der Waals surface area contributed by atoms with Crippen molar-refractivity contribution >= 4 is 47.4 Å². The summed E-state index contributed by atoms with van der Waals surface area (Å²) in [5, 5.41) is 49.6. The Balaban J connectivity index is 1.83. The molecule has 12 N–H and O–H groups in total. The highest BCUT2D eigenvalue weighted by atomic mass is 16.4. The first-order valence-electron chi connectivity index (χ1n) is 16.8. The Bertz CT molecular complexity index is 1810. The molecule has 1 heterocycles. The fourth-order valence-corrected chi connectivity index (χ4v) is 5.11. The zero-order chi connectivity index (χ0) is 40.5. The lowest BCUT2D eigenvalue weighted by atomic mass is 10.0. The van der Waals surface area contributed by atoms with Crippen molar-refractivity contribution in [3.8, 4) is 5.75 Å². The number of imidazole rings is 1. The van der Waals surface area contributed by atoms with Gasteiger partial charge in [0.1, 0.15) is 29.9 Å². The minimum atomic E-state index is -1.79. The van der Waals surface area contributed by atoms with E-state index in [1.807, 2.05) is 0 Å². The molecule has 20 heteroatoms. The Morgan fingerprint density at radius 1 is 0.673 bits per heavy atom. The van der Waals surface area contributed by atoms with Crippen molar-refractivity contribution < 1.29 is 58.8 Å². The van der Waals surface area contributed by atoms with Crippen LogP contribution in [0.2, 0.25) is 0 Å². The van der Waals surface area contributed by atoms with Gasteiger partial charge < -0.3 is 57.7 Å². The van der Waals surface area contributed by atoms with E-state index in [-0.39, 0.29) is 37.9 Å². The Morgan fingerprint density at radius 2 is 1.24 bits per heavy atom. The Kier molecular flexibility index (Phi) is 16.3. The Labute approximate surface area is 313 Å². The minimum absolute atomic E-state index is 0.0775. The van der Waals surface area contributed by atoms with Gasteiger partial charge in [-0.15, -0.1) is 0 Å². The van der Waals surface area contributed by atoms with Gasteiger partial charge in [-0.2, -0.15) is 0 Å². The van der Waals surface area contributed by atoms with Crippen LogP contribution >= 0.6 is 0 Å². The zero-order valence-corrected chi connectivity index (χ0v) is 29.3. The number of aromatic nitrogens is 2. The van der Waals surface area contributed by atoms with Crippen LogP contribution in [0.1, 0.15) is 36.1 Å². The van der Waals surface area contributed by atoms with Crippen LogP contribution in [-0.2, 0) is 57.6 Å². The van der Waals surface area contributed by atoms with E-state index in [4.69, 9.17) is 10.8 Å². The van der Waals surface area contributed by atoms with E-state index in [1.165, 1.54) is 36.8 Å². The summed E-state index contributed by atoms with van der Waals surface area (Å²) in [6.07, 6.45) is 0.504. The summed E-state index contributed by atoms with van der Waals surface area (Å²) in [5.41, 5.74) is 7.04. The molecule has 3 rings (SSSR count). The average Bonchev–Trinajstić information content (AvgIpc) is 3.66. The highest BCUT2D eigenvalue weighted by molar-refractivity contribution is 5.97. The van der Waals surface area contributed by atoms with Crippen LogP contribution < -0.4 is 32.3 Å². The number of carbonyl (C=O) groups excluding carboxylic acids is 5. The molecule has 0 spiro atoms. The van der Waals surface area contributed by atoms with E-state index >= 15 is 0 Å². The van der Waals surface area contributed by atoms with Gasteiger partial charge in [-0.3, -0.25) is 33.6 Å². The van der Waals surface area contributed by atoms with Crippen LogP contribution in [0, 0.1) is 0 Å². The highest BCUT2D eigenvalue weighted by Gasteiger charge is 2.33. The van der Waals surface area contributed by atoms with Gasteiger partial charge >= 0.3 is 17.9 Å². The molecule has 0 aliphatic carbocycles. The number of aromatic amines is 1. The first-order valence-corrected chi connectivity index (χ1v) is 16.8. The van der Waals surface area contributed by atoms with Crippen molar-refractivity contribution in [3.05, 3.63) is 83.9 Å². The van der Waals surface area contributed by atoms with Crippen molar-refractivity contribution in [2.75, 3.05) is 6.54 Å². The Hall–Kier alpha value is -6.83. The molecular weight excluding hydrogens is 724 g/mol. The summed E-state index contributed by atoms with van der Waals surface area (Å²) in [7, 11) is 0. The molecule has 20 nitrogen and oxygen atoms in total. The normalized spacial score (nSPS) is 13.5. The maximum atomic E-state index is 13.9. The molecule has 5 amide bonds. The molecule has 0 fully saturated rings. The number of amides is 5. The molecule has 1 aromatic heterocycles. The molecule has 0 unspecified atom stereocenters. The fraction of sp³-hybridized carbons (Fsp3) is 0.343. The summed E-state index contributed by atoms with van der Waals surface area (Å²) >= 11 is 0. The third-order valence-electron chi connectivity index (χ3n) is 7.98. The maximum absolute atomic E-state index is 13.9. The summed E-state index contributed by atoms with van der Waals surface area (Å²) < 4.78 is 0. The van der Waals surface area contributed by atoms with E-state index < -0.39 is 90.6 Å². The lowest BCUT2D eigenvalue weighted by Crippen LogP contribution is -2.59. The molecule has 294 valence electrons. The monoisotopic (exact) mass is 766 g/mol. The number of H-pyrrole nitrogens is 1. The average molecular weight is 767 g/mol. The second kappa shape index (κ2) is 21.0. The number of benzene rings is 2. The number of aliphatic carboxylic acids is 3. The number of aromatic hydroxyl groups is 1.